The van der Waals surface area contributed by atoms with Crippen molar-refractivity contribution in [1.82, 2.24) is 10.2 Å². The first-order valence-electron chi connectivity index (χ1n) is 15.2. The Hall–Kier alpha value is -3.72. The molecule has 0 unspecified atom stereocenters. The van der Waals surface area contributed by atoms with E-state index < -0.39 is 12.1 Å². The topological polar surface area (TPSA) is 70.4 Å². The van der Waals surface area contributed by atoms with Gasteiger partial charge in [-0.05, 0) is 145 Å². The number of nitrogen functional groups attached to an aromatic ring is 1. The number of rotatable bonds is 9. The summed E-state index contributed by atoms with van der Waals surface area (Å²) in [4.78, 5) is 13.5. The summed E-state index contributed by atoms with van der Waals surface area (Å²) in [5.41, 5.74) is 16.3. The van der Waals surface area contributed by atoms with E-state index in [0.29, 0.717) is 36.0 Å². The molecule has 1 amide bonds. The zero-order valence-electron chi connectivity index (χ0n) is 25.8. The van der Waals surface area contributed by atoms with Crippen molar-refractivity contribution in [3.8, 4) is 22.3 Å². The van der Waals surface area contributed by atoms with Crippen molar-refractivity contribution in [3.63, 3.8) is 0 Å². The monoisotopic (exact) mass is 668 g/mol. The molecule has 0 saturated carbocycles. The molecule has 4 N–H and O–H groups in total. The first-order valence-corrected chi connectivity index (χ1v) is 16.0. The third-order valence-corrected chi connectivity index (χ3v) is 8.92. The Morgan fingerprint density at radius 2 is 1.43 bits per heavy atom. The molecule has 1 saturated heterocycles. The minimum Gasteiger partial charge on any atom is -0.399 e. The molecular weight excluding hydrogens is 632 g/mol. The summed E-state index contributed by atoms with van der Waals surface area (Å²) in [5, 5.41) is 6.74. The maximum absolute atomic E-state index is 12.6. The number of halogens is 5. The zero-order chi connectivity index (χ0) is 33.0. The quantitative estimate of drug-likeness (QED) is 0.156. The Balaban J connectivity index is 1.30. The number of nitrogens with two attached hydrogens (primary N) is 1. The van der Waals surface area contributed by atoms with E-state index in [2.05, 4.69) is 59.6 Å². The molecule has 5 nitrogen and oxygen atoms in total. The molecule has 0 atom stereocenters. The first-order chi connectivity index (χ1) is 21.8. The smallest absolute Gasteiger partial charge is 0.399 e. The third-order valence-electron chi connectivity index (χ3n) is 8.48. The lowest BCUT2D eigenvalue weighted by Crippen LogP contribution is -2.42. The summed E-state index contributed by atoms with van der Waals surface area (Å²) in [5.74, 6) is -1.86. The number of benzene rings is 4. The van der Waals surface area contributed by atoms with E-state index in [4.69, 9.17) is 28.9 Å². The normalized spacial score (nSPS) is 14.3. The summed E-state index contributed by atoms with van der Waals surface area (Å²) < 4.78 is 37.7. The van der Waals surface area contributed by atoms with Crippen LogP contribution in [0, 0.1) is 19.8 Å². The lowest BCUT2D eigenvalue weighted by Gasteiger charge is -2.32. The van der Waals surface area contributed by atoms with E-state index in [9.17, 15) is 18.0 Å². The number of hydrogen-bond donors (Lipinski definition) is 3. The van der Waals surface area contributed by atoms with Gasteiger partial charge >= 0.3 is 12.1 Å². The van der Waals surface area contributed by atoms with Gasteiger partial charge in [-0.25, -0.2) is 0 Å². The second kappa shape index (κ2) is 14.4. The fourth-order valence-corrected chi connectivity index (χ4v) is 6.41. The number of likely N-dealkylation sites (tertiary alicyclic amines) is 1. The van der Waals surface area contributed by atoms with Crippen molar-refractivity contribution < 1.29 is 18.0 Å². The molecule has 46 heavy (non-hydrogen) atoms. The molecule has 5 rings (SSSR count). The van der Waals surface area contributed by atoms with Crippen molar-refractivity contribution in [2.24, 2.45) is 5.92 Å². The van der Waals surface area contributed by atoms with Crippen LogP contribution in [0.25, 0.3) is 22.3 Å². The molecule has 0 radical (unpaired) electrons. The maximum Gasteiger partial charge on any atom is 0.471 e. The standard InChI is InChI=1S/C36H37Cl2F3N4O/c1-22-11-27(3-5-33(22)42)28-4-6-34(23(2)12-28)43-20-25-13-26(15-29(14-25)30-16-31(37)18-32(38)17-30)21-45-9-7-24(8-10-45)19-44-35(46)36(39,40)41/h3-6,11-18,24,43H,7-10,19-21,42H2,1-2H3,(H,44,46). The van der Waals surface area contributed by atoms with Gasteiger partial charge in [-0.1, -0.05) is 41.4 Å². The fraction of sp³-hybridized carbons (Fsp3) is 0.306. The Kier molecular flexibility index (Phi) is 10.5. The second-order valence-corrected chi connectivity index (χ2v) is 13.0. The summed E-state index contributed by atoms with van der Waals surface area (Å²) in [7, 11) is 0. The number of carbonyl (C=O) groups is 1. The van der Waals surface area contributed by atoms with Crippen LogP contribution in [0.1, 0.15) is 35.1 Å². The fourth-order valence-electron chi connectivity index (χ4n) is 5.88. The van der Waals surface area contributed by atoms with E-state index in [-0.39, 0.29) is 12.5 Å². The van der Waals surface area contributed by atoms with Crippen molar-refractivity contribution in [2.75, 3.05) is 30.7 Å². The van der Waals surface area contributed by atoms with Gasteiger partial charge < -0.3 is 16.4 Å². The average Bonchev–Trinajstić information content (AvgIpc) is 3.00. The van der Waals surface area contributed by atoms with Gasteiger partial charge in [0.25, 0.3) is 0 Å². The van der Waals surface area contributed by atoms with Gasteiger partial charge in [0.15, 0.2) is 0 Å². The maximum atomic E-state index is 12.6. The minimum atomic E-state index is -4.86. The molecule has 0 aromatic heterocycles. The predicted octanol–water partition coefficient (Wildman–Crippen LogP) is 9.03. The Bertz CT molecular complexity index is 1700. The van der Waals surface area contributed by atoms with Gasteiger partial charge in [-0.3, -0.25) is 9.69 Å². The number of aryl methyl sites for hydroxylation is 2. The van der Waals surface area contributed by atoms with E-state index in [1.807, 2.05) is 36.5 Å². The van der Waals surface area contributed by atoms with E-state index in [0.717, 1.165) is 69.0 Å². The highest BCUT2D eigenvalue weighted by atomic mass is 35.5. The summed E-state index contributed by atoms with van der Waals surface area (Å²) in [6, 6.07) is 24.4. The van der Waals surface area contributed by atoms with Crippen LogP contribution in [-0.4, -0.2) is 36.6 Å². The van der Waals surface area contributed by atoms with Crippen LogP contribution in [0.2, 0.25) is 10.0 Å². The number of nitrogens with one attached hydrogen (secondary N) is 2. The molecule has 10 heteroatoms. The van der Waals surface area contributed by atoms with Crippen molar-refractivity contribution in [2.45, 2.75) is 46.0 Å². The van der Waals surface area contributed by atoms with Gasteiger partial charge in [-0.2, -0.15) is 13.2 Å². The Labute approximate surface area is 277 Å². The lowest BCUT2D eigenvalue weighted by molar-refractivity contribution is -0.173. The second-order valence-electron chi connectivity index (χ2n) is 12.1. The first kappa shape index (κ1) is 33.6. The van der Waals surface area contributed by atoms with E-state index in [1.54, 1.807) is 6.07 Å². The highest BCUT2D eigenvalue weighted by Crippen LogP contribution is 2.31. The molecule has 4 aromatic rings. The SMILES string of the molecule is Cc1cc(-c2ccc(NCc3cc(CN4CCC(CNC(=O)C(F)(F)F)CC4)cc(-c4cc(Cl)cc(Cl)c4)c3)c(C)c2)ccc1N. The Morgan fingerprint density at radius 1 is 0.826 bits per heavy atom. The van der Waals surface area contributed by atoms with Crippen LogP contribution in [0.3, 0.4) is 0 Å². The van der Waals surface area contributed by atoms with Crippen LogP contribution in [0.5, 0.6) is 0 Å². The molecule has 1 fully saturated rings. The number of alkyl halides is 3. The molecule has 0 aliphatic carbocycles. The van der Waals surface area contributed by atoms with Gasteiger partial charge in [0.1, 0.15) is 0 Å². The highest BCUT2D eigenvalue weighted by Gasteiger charge is 2.38. The highest BCUT2D eigenvalue weighted by molar-refractivity contribution is 6.35. The van der Waals surface area contributed by atoms with Gasteiger partial charge in [0, 0.05) is 41.1 Å². The molecule has 1 aliphatic rings. The molecule has 1 aliphatic heterocycles. The lowest BCUT2D eigenvalue weighted by atomic mass is 9.95. The van der Waals surface area contributed by atoms with Crippen LogP contribution in [-0.2, 0) is 17.9 Å². The largest absolute Gasteiger partial charge is 0.471 e. The average molecular weight is 670 g/mol. The van der Waals surface area contributed by atoms with Crippen LogP contribution < -0.4 is 16.4 Å². The summed E-state index contributed by atoms with van der Waals surface area (Å²) in [6.45, 7) is 6.87. The van der Waals surface area contributed by atoms with Crippen molar-refractivity contribution in [3.05, 3.63) is 105 Å². The number of amides is 1. The minimum absolute atomic E-state index is 0.0147. The summed E-state index contributed by atoms with van der Waals surface area (Å²) >= 11 is 12.7. The van der Waals surface area contributed by atoms with Crippen molar-refractivity contribution >= 4 is 40.5 Å². The molecule has 0 bridgehead atoms. The van der Waals surface area contributed by atoms with Gasteiger partial charge in [-0.15, -0.1) is 0 Å². The van der Waals surface area contributed by atoms with Gasteiger partial charge in [0.2, 0.25) is 0 Å². The van der Waals surface area contributed by atoms with Crippen LogP contribution >= 0.6 is 23.2 Å². The number of nitrogens with zero attached hydrogens (tertiary/aromatic N) is 1. The molecule has 1 heterocycles. The number of anilines is 2. The van der Waals surface area contributed by atoms with Gasteiger partial charge in [0.05, 0.1) is 0 Å². The molecular formula is C36H37Cl2F3N4O. The molecule has 0 spiro atoms. The van der Waals surface area contributed by atoms with E-state index in [1.165, 1.54) is 0 Å². The molecule has 242 valence electrons. The predicted molar refractivity (Wildman–Crippen MR) is 182 cm³/mol. The molecule has 4 aromatic carbocycles. The third kappa shape index (κ3) is 8.75. The van der Waals surface area contributed by atoms with E-state index >= 15 is 0 Å². The zero-order valence-corrected chi connectivity index (χ0v) is 27.3. The van der Waals surface area contributed by atoms with Crippen LogP contribution in [0.4, 0.5) is 24.5 Å². The number of carbonyl (C=O) groups excluding carboxylic acids is 1. The number of hydrogen-bond acceptors (Lipinski definition) is 4. The van der Waals surface area contributed by atoms with Crippen LogP contribution in [0.15, 0.2) is 72.8 Å². The summed E-state index contributed by atoms with van der Waals surface area (Å²) in [6.07, 6.45) is -3.44. The van der Waals surface area contributed by atoms with Crippen molar-refractivity contribution in [1.29, 1.82) is 0 Å². The number of piperidine rings is 1. The Morgan fingerprint density at radius 3 is 2.07 bits per heavy atom.